The SMILES string of the molecule is O=C(O)COc1cccc(NC(=O)c2c[nH]c(=O)[nH]2)c1. The first kappa shape index (κ1) is 13.4. The van der Waals surface area contributed by atoms with Crippen LogP contribution in [0.1, 0.15) is 10.5 Å². The van der Waals surface area contributed by atoms with Crippen LogP contribution in [0.3, 0.4) is 0 Å². The number of nitrogens with one attached hydrogen (secondary N) is 3. The molecule has 8 nitrogen and oxygen atoms in total. The van der Waals surface area contributed by atoms with Crippen molar-refractivity contribution in [2.24, 2.45) is 0 Å². The number of ether oxygens (including phenoxy) is 1. The second kappa shape index (κ2) is 5.74. The third-order valence-electron chi connectivity index (χ3n) is 2.29. The molecule has 2 aromatic rings. The summed E-state index contributed by atoms with van der Waals surface area (Å²) in [5, 5.41) is 11.1. The Morgan fingerprint density at radius 3 is 2.80 bits per heavy atom. The van der Waals surface area contributed by atoms with Crippen LogP contribution in [-0.2, 0) is 4.79 Å². The van der Waals surface area contributed by atoms with Gasteiger partial charge in [-0.05, 0) is 12.1 Å². The van der Waals surface area contributed by atoms with Gasteiger partial charge in [-0.3, -0.25) is 4.79 Å². The molecule has 0 spiro atoms. The molecular weight excluding hydrogens is 266 g/mol. The van der Waals surface area contributed by atoms with Crippen LogP contribution in [0.2, 0.25) is 0 Å². The summed E-state index contributed by atoms with van der Waals surface area (Å²) >= 11 is 0. The fraction of sp³-hybridized carbons (Fsp3) is 0.0833. The number of carboxylic acid groups (broad SMARTS) is 1. The maximum atomic E-state index is 11.8. The van der Waals surface area contributed by atoms with Gasteiger partial charge in [0, 0.05) is 18.0 Å². The number of benzene rings is 1. The van der Waals surface area contributed by atoms with Gasteiger partial charge in [0.15, 0.2) is 6.61 Å². The number of H-pyrrole nitrogens is 2. The van der Waals surface area contributed by atoms with Gasteiger partial charge in [-0.1, -0.05) is 6.07 Å². The summed E-state index contributed by atoms with van der Waals surface area (Å²) in [4.78, 5) is 37.7. The lowest BCUT2D eigenvalue weighted by atomic mass is 10.3. The second-order valence-corrected chi connectivity index (χ2v) is 3.82. The summed E-state index contributed by atoms with van der Waals surface area (Å²) in [7, 11) is 0. The van der Waals surface area contributed by atoms with Crippen LogP contribution >= 0.6 is 0 Å². The Hall–Kier alpha value is -3.03. The monoisotopic (exact) mass is 277 g/mol. The van der Waals surface area contributed by atoms with E-state index in [0.717, 1.165) is 0 Å². The van der Waals surface area contributed by atoms with Crippen LogP contribution in [0.5, 0.6) is 5.75 Å². The van der Waals surface area contributed by atoms with Crippen molar-refractivity contribution in [3.05, 3.63) is 46.6 Å². The lowest BCUT2D eigenvalue weighted by Gasteiger charge is -2.07. The topological polar surface area (TPSA) is 124 Å². The summed E-state index contributed by atoms with van der Waals surface area (Å²) < 4.78 is 4.98. The number of hydrogen-bond acceptors (Lipinski definition) is 4. The molecule has 104 valence electrons. The van der Waals surface area contributed by atoms with Crippen LogP contribution in [0.25, 0.3) is 0 Å². The van der Waals surface area contributed by atoms with Crippen LogP contribution in [-0.4, -0.2) is 33.6 Å². The van der Waals surface area contributed by atoms with Gasteiger partial charge in [0.05, 0.1) is 0 Å². The molecular formula is C12H11N3O5. The molecule has 0 aliphatic carbocycles. The van der Waals surface area contributed by atoms with Gasteiger partial charge in [0.25, 0.3) is 5.91 Å². The zero-order valence-corrected chi connectivity index (χ0v) is 10.2. The third kappa shape index (κ3) is 3.48. The van der Waals surface area contributed by atoms with Gasteiger partial charge in [-0.2, -0.15) is 0 Å². The Labute approximate surface area is 112 Å². The van der Waals surface area contributed by atoms with E-state index in [-0.39, 0.29) is 5.69 Å². The molecule has 0 aliphatic rings. The molecule has 0 atom stereocenters. The number of hydrogen-bond donors (Lipinski definition) is 4. The zero-order chi connectivity index (χ0) is 14.5. The first-order chi connectivity index (χ1) is 9.54. The van der Waals surface area contributed by atoms with Gasteiger partial charge >= 0.3 is 11.7 Å². The van der Waals surface area contributed by atoms with Crippen molar-refractivity contribution < 1.29 is 19.4 Å². The van der Waals surface area contributed by atoms with Crippen molar-refractivity contribution in [2.45, 2.75) is 0 Å². The number of rotatable bonds is 5. The smallest absolute Gasteiger partial charge is 0.341 e. The standard InChI is InChI=1S/C12H11N3O5/c16-10(17)6-20-8-3-1-2-7(4-8)14-11(18)9-5-13-12(19)15-9/h1-5H,6H2,(H,14,18)(H,16,17)(H2,13,15,19). The number of aliphatic carboxylic acids is 1. The van der Waals surface area contributed by atoms with Crippen molar-refractivity contribution in [2.75, 3.05) is 11.9 Å². The maximum Gasteiger partial charge on any atom is 0.341 e. The molecule has 0 saturated carbocycles. The highest BCUT2D eigenvalue weighted by Gasteiger charge is 2.08. The van der Waals surface area contributed by atoms with Crippen LogP contribution < -0.4 is 15.7 Å². The number of carboxylic acids is 1. The summed E-state index contributed by atoms with van der Waals surface area (Å²) in [5.41, 5.74) is 0.0282. The zero-order valence-electron chi connectivity index (χ0n) is 10.2. The molecule has 0 radical (unpaired) electrons. The second-order valence-electron chi connectivity index (χ2n) is 3.82. The van der Waals surface area contributed by atoms with E-state index in [1.165, 1.54) is 12.3 Å². The van der Waals surface area contributed by atoms with Crippen molar-refractivity contribution >= 4 is 17.6 Å². The van der Waals surface area contributed by atoms with E-state index in [4.69, 9.17) is 9.84 Å². The number of carbonyl (C=O) groups excluding carboxylic acids is 1. The van der Waals surface area contributed by atoms with E-state index in [1.54, 1.807) is 18.2 Å². The molecule has 1 amide bonds. The number of amides is 1. The Bertz CT molecular complexity index is 688. The van der Waals surface area contributed by atoms with Gasteiger partial charge < -0.3 is 25.1 Å². The molecule has 1 aromatic heterocycles. The molecule has 0 bridgehead atoms. The van der Waals surface area contributed by atoms with Crippen molar-refractivity contribution in [1.29, 1.82) is 0 Å². The number of aromatic amines is 2. The minimum absolute atomic E-state index is 0.0897. The van der Waals surface area contributed by atoms with E-state index in [9.17, 15) is 14.4 Å². The summed E-state index contributed by atoms with van der Waals surface area (Å²) in [6.07, 6.45) is 1.25. The normalized spacial score (nSPS) is 10.0. The minimum atomic E-state index is -1.09. The predicted octanol–water partition coefficient (Wildman–Crippen LogP) is 0.419. The summed E-state index contributed by atoms with van der Waals surface area (Å²) in [6, 6.07) is 6.26. The Morgan fingerprint density at radius 2 is 2.15 bits per heavy atom. The summed E-state index contributed by atoms with van der Waals surface area (Å²) in [6.45, 7) is -0.470. The number of carbonyl (C=O) groups is 2. The average Bonchev–Trinajstić information content (AvgIpc) is 2.84. The fourth-order valence-corrected chi connectivity index (χ4v) is 1.46. The van der Waals surface area contributed by atoms with E-state index in [0.29, 0.717) is 11.4 Å². The third-order valence-corrected chi connectivity index (χ3v) is 2.29. The van der Waals surface area contributed by atoms with E-state index < -0.39 is 24.2 Å². The highest BCUT2D eigenvalue weighted by molar-refractivity contribution is 6.02. The first-order valence-corrected chi connectivity index (χ1v) is 5.58. The first-order valence-electron chi connectivity index (χ1n) is 5.58. The van der Waals surface area contributed by atoms with E-state index in [2.05, 4.69) is 15.3 Å². The lowest BCUT2D eigenvalue weighted by Crippen LogP contribution is -2.14. The molecule has 0 unspecified atom stereocenters. The fourth-order valence-electron chi connectivity index (χ4n) is 1.46. The quantitative estimate of drug-likeness (QED) is 0.630. The van der Waals surface area contributed by atoms with Crippen molar-refractivity contribution in [1.82, 2.24) is 9.97 Å². The number of imidazole rings is 1. The number of anilines is 1. The molecule has 8 heteroatoms. The van der Waals surface area contributed by atoms with Crippen LogP contribution in [0.15, 0.2) is 35.3 Å². The largest absolute Gasteiger partial charge is 0.482 e. The molecule has 0 saturated heterocycles. The highest BCUT2D eigenvalue weighted by Crippen LogP contribution is 2.17. The van der Waals surface area contributed by atoms with Crippen LogP contribution in [0, 0.1) is 0 Å². The molecule has 20 heavy (non-hydrogen) atoms. The number of aromatic nitrogens is 2. The minimum Gasteiger partial charge on any atom is -0.482 e. The predicted molar refractivity (Wildman–Crippen MR) is 68.9 cm³/mol. The highest BCUT2D eigenvalue weighted by atomic mass is 16.5. The lowest BCUT2D eigenvalue weighted by molar-refractivity contribution is -0.139. The maximum absolute atomic E-state index is 11.8. The molecule has 1 aromatic carbocycles. The Balaban J connectivity index is 2.05. The molecule has 0 aliphatic heterocycles. The Kier molecular flexibility index (Phi) is 3.85. The van der Waals surface area contributed by atoms with Gasteiger partial charge in [0.1, 0.15) is 11.4 Å². The van der Waals surface area contributed by atoms with E-state index in [1.807, 2.05) is 0 Å². The van der Waals surface area contributed by atoms with E-state index >= 15 is 0 Å². The van der Waals surface area contributed by atoms with Crippen molar-refractivity contribution in [3.63, 3.8) is 0 Å². The average molecular weight is 277 g/mol. The van der Waals surface area contributed by atoms with Crippen LogP contribution in [0.4, 0.5) is 5.69 Å². The van der Waals surface area contributed by atoms with Gasteiger partial charge in [-0.25, -0.2) is 9.59 Å². The molecule has 1 heterocycles. The van der Waals surface area contributed by atoms with Gasteiger partial charge in [0.2, 0.25) is 0 Å². The molecule has 4 N–H and O–H groups in total. The Morgan fingerprint density at radius 1 is 1.35 bits per heavy atom. The van der Waals surface area contributed by atoms with Gasteiger partial charge in [-0.15, -0.1) is 0 Å². The van der Waals surface area contributed by atoms with Crippen molar-refractivity contribution in [3.8, 4) is 5.75 Å². The summed E-state index contributed by atoms with van der Waals surface area (Å²) in [5.74, 6) is -1.28. The molecule has 0 fully saturated rings. The molecule has 2 rings (SSSR count).